The van der Waals surface area contributed by atoms with E-state index in [2.05, 4.69) is 4.74 Å². The quantitative estimate of drug-likeness (QED) is 0.0131. The van der Waals surface area contributed by atoms with Gasteiger partial charge in [-0.2, -0.15) is 0 Å². The van der Waals surface area contributed by atoms with E-state index in [1.54, 1.807) is 13.8 Å². The fourth-order valence-corrected chi connectivity index (χ4v) is 6.28. The SMILES string of the molecule is CC(CCCCC(CCC(CCCCCC(=O)O)OC(=O)/C=C/C(=O)O)OC(=O)/C=C/C(=O)O)OC(=O)/C=C/C(=O)O.CC(O)CCCCC(O)CCC(O)CCCCCC(=O)O.O=C1C=CC(=O)O1. The molecule has 1 aliphatic rings. The fraction of sp³-hybridized carbons (Fsp3) is 0.625. The summed E-state index contributed by atoms with van der Waals surface area (Å²) in [7, 11) is 0. The van der Waals surface area contributed by atoms with Gasteiger partial charge in [0.2, 0.25) is 0 Å². The van der Waals surface area contributed by atoms with E-state index in [0.717, 1.165) is 68.9 Å². The molecule has 0 aromatic rings. The first kappa shape index (κ1) is 65.8. The molecule has 0 spiro atoms. The van der Waals surface area contributed by atoms with Crippen molar-refractivity contribution in [2.45, 2.75) is 192 Å². The Morgan fingerprint density at radius 3 is 1.14 bits per heavy atom. The van der Waals surface area contributed by atoms with E-state index < -0.39 is 84.1 Å². The van der Waals surface area contributed by atoms with Gasteiger partial charge in [0, 0.05) is 61.4 Å². The van der Waals surface area contributed by atoms with Crippen LogP contribution in [0.25, 0.3) is 0 Å². The van der Waals surface area contributed by atoms with Gasteiger partial charge in [-0.25, -0.2) is 38.4 Å². The number of carboxylic acid groups (broad SMARTS) is 5. The molecule has 1 aliphatic heterocycles. The van der Waals surface area contributed by atoms with Gasteiger partial charge in [0.25, 0.3) is 0 Å². The third-order valence-electron chi connectivity index (χ3n) is 9.81. The number of aliphatic hydroxyl groups is 3. The average molecular weight is 1000 g/mol. The number of esters is 5. The van der Waals surface area contributed by atoms with Crippen LogP contribution in [0.3, 0.4) is 0 Å². The molecule has 0 saturated heterocycles. The first-order valence-corrected chi connectivity index (χ1v) is 23.2. The third kappa shape index (κ3) is 46.8. The van der Waals surface area contributed by atoms with Gasteiger partial charge in [-0.05, 0) is 110 Å². The van der Waals surface area contributed by atoms with E-state index in [-0.39, 0.29) is 37.9 Å². The van der Waals surface area contributed by atoms with Crippen molar-refractivity contribution in [1.29, 1.82) is 0 Å². The highest BCUT2D eigenvalue weighted by atomic mass is 16.6. The number of aliphatic carboxylic acids is 5. The van der Waals surface area contributed by atoms with Gasteiger partial charge < -0.3 is 59.8 Å². The molecule has 0 bridgehead atoms. The van der Waals surface area contributed by atoms with Crippen LogP contribution in [0, 0.1) is 0 Å². The van der Waals surface area contributed by atoms with Crippen molar-refractivity contribution >= 4 is 59.7 Å². The number of hydrogen-bond acceptors (Lipinski definition) is 17. The summed E-state index contributed by atoms with van der Waals surface area (Å²) in [5, 5.41) is 72.0. The molecule has 22 heteroatoms. The van der Waals surface area contributed by atoms with Gasteiger partial charge in [0.15, 0.2) is 0 Å². The van der Waals surface area contributed by atoms with Crippen molar-refractivity contribution in [3.63, 3.8) is 0 Å². The summed E-state index contributed by atoms with van der Waals surface area (Å²) in [6.45, 7) is 3.40. The Hall–Kier alpha value is -6.26. The molecule has 22 nitrogen and oxygen atoms in total. The third-order valence-corrected chi connectivity index (χ3v) is 9.81. The molecule has 70 heavy (non-hydrogen) atoms. The van der Waals surface area contributed by atoms with Crippen LogP contribution in [0.15, 0.2) is 48.6 Å². The molecule has 6 unspecified atom stereocenters. The second kappa shape index (κ2) is 41.7. The number of carboxylic acids is 5. The molecule has 0 aromatic heterocycles. The van der Waals surface area contributed by atoms with E-state index in [1.165, 1.54) is 0 Å². The summed E-state index contributed by atoms with van der Waals surface area (Å²) in [5.41, 5.74) is 0. The van der Waals surface area contributed by atoms with Crippen LogP contribution in [0.4, 0.5) is 0 Å². The molecule has 0 saturated carbocycles. The van der Waals surface area contributed by atoms with Crippen LogP contribution in [0.2, 0.25) is 0 Å². The summed E-state index contributed by atoms with van der Waals surface area (Å²) in [4.78, 5) is 109. The van der Waals surface area contributed by atoms with Gasteiger partial charge in [0.05, 0.1) is 24.4 Å². The predicted molar refractivity (Wildman–Crippen MR) is 246 cm³/mol. The number of aliphatic hydroxyl groups excluding tert-OH is 3. The standard InChI is InChI=1S/C28H38O14.C16H32O5.C4H2O3/c1-19(40-26(37)16-13-23(31)32)7-5-6-9-21(42-28(39)18-15-25(35)36)12-11-20(8-3-2-4-10-22(29)30)41-27(38)17-14-24(33)34;1-13(17)7-5-6-9-15(19)12-11-14(18)8-3-2-4-10-16(20)21;5-3-1-2-4(6)7-3/h13-21H,2-12H2,1H3,(H,29,30)(H,31,32)(H,33,34)(H,35,36);13-15,17-19H,2-12H2,1H3,(H,20,21);1-2H/b16-13+,17-14+,18-15+;;. The Morgan fingerprint density at radius 1 is 0.443 bits per heavy atom. The molecule has 8 N–H and O–H groups in total. The molecular formula is C48H72O22. The molecule has 0 radical (unpaired) electrons. The molecule has 0 aromatic carbocycles. The number of carbonyl (C=O) groups excluding carboxylic acids is 5. The molecular weight excluding hydrogens is 929 g/mol. The van der Waals surface area contributed by atoms with Crippen molar-refractivity contribution in [2.75, 3.05) is 0 Å². The summed E-state index contributed by atoms with van der Waals surface area (Å²) in [6.07, 6.45) is 15.3. The largest absolute Gasteiger partial charge is 0.481 e. The Balaban J connectivity index is 0. The van der Waals surface area contributed by atoms with Gasteiger partial charge in [-0.3, -0.25) is 9.59 Å². The Morgan fingerprint density at radius 2 is 0.786 bits per heavy atom. The summed E-state index contributed by atoms with van der Waals surface area (Å²) in [5.74, 6) is -9.39. The summed E-state index contributed by atoms with van der Waals surface area (Å²) >= 11 is 0. The number of hydrogen-bond donors (Lipinski definition) is 8. The molecule has 396 valence electrons. The topological polar surface area (TPSA) is 369 Å². The maximum Gasteiger partial charge on any atom is 0.338 e. The lowest BCUT2D eigenvalue weighted by Gasteiger charge is -2.22. The van der Waals surface area contributed by atoms with E-state index in [9.17, 15) is 58.2 Å². The smallest absolute Gasteiger partial charge is 0.338 e. The maximum absolute atomic E-state index is 12.1. The number of unbranched alkanes of at least 4 members (excludes halogenated alkanes) is 6. The lowest BCUT2D eigenvalue weighted by molar-refractivity contribution is -0.150. The van der Waals surface area contributed by atoms with Crippen LogP contribution < -0.4 is 0 Å². The number of ether oxygens (including phenoxy) is 4. The zero-order valence-corrected chi connectivity index (χ0v) is 39.9. The molecule has 6 atom stereocenters. The van der Waals surface area contributed by atoms with E-state index in [0.29, 0.717) is 95.3 Å². The van der Waals surface area contributed by atoms with Crippen molar-refractivity contribution in [2.24, 2.45) is 0 Å². The number of carbonyl (C=O) groups is 10. The van der Waals surface area contributed by atoms with Crippen molar-refractivity contribution < 1.29 is 108 Å². The van der Waals surface area contributed by atoms with Crippen LogP contribution in [-0.4, -0.2) is 137 Å². The lowest BCUT2D eigenvalue weighted by Crippen LogP contribution is -2.23. The fourth-order valence-electron chi connectivity index (χ4n) is 6.28. The van der Waals surface area contributed by atoms with Crippen LogP contribution >= 0.6 is 0 Å². The predicted octanol–water partition coefficient (Wildman–Crippen LogP) is 5.13. The minimum atomic E-state index is -1.34. The van der Waals surface area contributed by atoms with Gasteiger partial charge in [-0.15, -0.1) is 0 Å². The molecule has 1 heterocycles. The van der Waals surface area contributed by atoms with Crippen LogP contribution in [0.1, 0.15) is 155 Å². The zero-order chi connectivity index (χ0) is 53.3. The zero-order valence-electron chi connectivity index (χ0n) is 39.9. The molecule has 0 aliphatic carbocycles. The van der Waals surface area contributed by atoms with Crippen molar-refractivity contribution in [1.82, 2.24) is 0 Å². The Bertz CT molecular complexity index is 1710. The average Bonchev–Trinajstić information content (AvgIpc) is 3.66. The van der Waals surface area contributed by atoms with E-state index in [1.807, 2.05) is 0 Å². The monoisotopic (exact) mass is 1000 g/mol. The molecule has 0 amide bonds. The van der Waals surface area contributed by atoms with Gasteiger partial charge >= 0.3 is 59.7 Å². The minimum Gasteiger partial charge on any atom is -0.481 e. The van der Waals surface area contributed by atoms with Crippen molar-refractivity contribution in [3.05, 3.63) is 48.6 Å². The van der Waals surface area contributed by atoms with Crippen molar-refractivity contribution in [3.8, 4) is 0 Å². The highest BCUT2D eigenvalue weighted by molar-refractivity contribution is 6.05. The Kier molecular flexibility index (Phi) is 39.2. The second-order valence-electron chi connectivity index (χ2n) is 16.3. The second-order valence-corrected chi connectivity index (χ2v) is 16.3. The number of rotatable bonds is 37. The van der Waals surface area contributed by atoms with Gasteiger partial charge in [0.1, 0.15) is 12.2 Å². The van der Waals surface area contributed by atoms with Gasteiger partial charge in [-0.1, -0.05) is 32.1 Å². The number of cyclic esters (lactones) is 2. The Labute approximate surface area is 407 Å². The highest BCUT2D eigenvalue weighted by Crippen LogP contribution is 2.20. The van der Waals surface area contributed by atoms with Crippen LogP contribution in [-0.2, 0) is 66.9 Å². The van der Waals surface area contributed by atoms with Crippen LogP contribution in [0.5, 0.6) is 0 Å². The first-order valence-electron chi connectivity index (χ1n) is 23.2. The first-order chi connectivity index (χ1) is 33.0. The molecule has 1 rings (SSSR count). The highest BCUT2D eigenvalue weighted by Gasteiger charge is 2.20. The summed E-state index contributed by atoms with van der Waals surface area (Å²) < 4.78 is 19.8. The minimum absolute atomic E-state index is 0.00938. The van der Waals surface area contributed by atoms with E-state index >= 15 is 0 Å². The normalized spacial score (nSPS) is 14.5. The molecule has 0 fully saturated rings. The van der Waals surface area contributed by atoms with E-state index in [4.69, 9.17) is 44.8 Å². The maximum atomic E-state index is 12.1. The summed E-state index contributed by atoms with van der Waals surface area (Å²) in [6, 6.07) is 0. The lowest BCUT2D eigenvalue weighted by atomic mass is 10.00.